The maximum Gasteiger partial charge on any atom is 0.246 e. The maximum absolute atomic E-state index is 12.2. The Hall–Kier alpha value is -1.84. The number of aryl methyl sites for hydroxylation is 1. The van der Waals surface area contributed by atoms with E-state index in [1.807, 2.05) is 50.2 Å². The number of anilines is 1. The van der Waals surface area contributed by atoms with Crippen molar-refractivity contribution in [1.82, 2.24) is 5.32 Å². The van der Waals surface area contributed by atoms with Gasteiger partial charge >= 0.3 is 0 Å². The largest absolute Gasteiger partial charge is 0.324 e. The molecule has 0 spiro atoms. The van der Waals surface area contributed by atoms with Crippen molar-refractivity contribution in [1.29, 1.82) is 0 Å². The van der Waals surface area contributed by atoms with Crippen LogP contribution < -0.4 is 10.6 Å². The lowest BCUT2D eigenvalue weighted by atomic mass is 10.0. The molecule has 1 aliphatic heterocycles. The number of hydrogen-bond donors (Lipinski definition) is 2. The highest BCUT2D eigenvalue weighted by atomic mass is 35.5. The Labute approximate surface area is 129 Å². The first-order valence-electron chi connectivity index (χ1n) is 6.97. The van der Waals surface area contributed by atoms with Crippen LogP contribution in [0.1, 0.15) is 35.7 Å². The lowest BCUT2D eigenvalue weighted by molar-refractivity contribution is -0.117. The van der Waals surface area contributed by atoms with Crippen LogP contribution >= 0.6 is 11.6 Å². The van der Waals surface area contributed by atoms with Crippen LogP contribution in [0.2, 0.25) is 5.02 Å². The zero-order valence-electron chi connectivity index (χ0n) is 12.0. The van der Waals surface area contributed by atoms with Crippen molar-refractivity contribution in [2.24, 2.45) is 0 Å². The third kappa shape index (κ3) is 2.80. The van der Waals surface area contributed by atoms with Gasteiger partial charge in [-0.15, -0.1) is 0 Å². The molecule has 2 atom stereocenters. The molecular weight excluding hydrogens is 284 g/mol. The second-order valence-electron chi connectivity index (χ2n) is 5.45. The van der Waals surface area contributed by atoms with E-state index in [2.05, 4.69) is 16.7 Å². The molecule has 108 valence electrons. The molecule has 3 rings (SSSR count). The van der Waals surface area contributed by atoms with Gasteiger partial charge in [0.1, 0.15) is 6.04 Å². The Morgan fingerprint density at radius 3 is 2.62 bits per heavy atom. The number of benzene rings is 2. The van der Waals surface area contributed by atoms with Crippen LogP contribution in [-0.2, 0) is 4.79 Å². The van der Waals surface area contributed by atoms with E-state index in [-0.39, 0.29) is 18.0 Å². The van der Waals surface area contributed by atoms with Crippen LogP contribution in [0.4, 0.5) is 5.69 Å². The SMILES string of the molecule is Cc1ccc2c(c1)C(NC(C)c1ccc(Cl)cc1)C(=O)N2. The van der Waals surface area contributed by atoms with E-state index in [1.54, 1.807) is 0 Å². The molecule has 0 saturated carbocycles. The van der Waals surface area contributed by atoms with E-state index in [0.717, 1.165) is 22.4 Å². The second kappa shape index (κ2) is 5.51. The predicted octanol–water partition coefficient (Wildman–Crippen LogP) is 3.99. The Kier molecular flexibility index (Phi) is 3.70. The van der Waals surface area contributed by atoms with Crippen molar-refractivity contribution < 1.29 is 4.79 Å². The van der Waals surface area contributed by atoms with Gasteiger partial charge in [0.25, 0.3) is 0 Å². The number of rotatable bonds is 3. The number of halogens is 1. The van der Waals surface area contributed by atoms with Crippen LogP contribution in [0.3, 0.4) is 0 Å². The molecular formula is C17H17ClN2O. The highest BCUT2D eigenvalue weighted by molar-refractivity contribution is 6.30. The van der Waals surface area contributed by atoms with Crippen molar-refractivity contribution in [3.8, 4) is 0 Å². The molecule has 0 aliphatic carbocycles. The van der Waals surface area contributed by atoms with Gasteiger partial charge in [-0.25, -0.2) is 0 Å². The minimum Gasteiger partial charge on any atom is -0.324 e. The Morgan fingerprint density at radius 2 is 1.90 bits per heavy atom. The van der Waals surface area contributed by atoms with Crippen LogP contribution in [0.5, 0.6) is 0 Å². The van der Waals surface area contributed by atoms with Crippen LogP contribution in [0.25, 0.3) is 0 Å². The van der Waals surface area contributed by atoms with Crippen molar-refractivity contribution in [3.63, 3.8) is 0 Å². The van der Waals surface area contributed by atoms with Crippen LogP contribution in [0, 0.1) is 6.92 Å². The summed E-state index contributed by atoms with van der Waals surface area (Å²) in [5, 5.41) is 7.02. The predicted molar refractivity (Wildman–Crippen MR) is 85.6 cm³/mol. The van der Waals surface area contributed by atoms with Gasteiger partial charge in [0, 0.05) is 22.3 Å². The summed E-state index contributed by atoms with van der Waals surface area (Å²) in [5.74, 6) is -0.00332. The molecule has 2 aromatic rings. The van der Waals surface area contributed by atoms with E-state index in [1.165, 1.54) is 0 Å². The van der Waals surface area contributed by atoms with Gasteiger partial charge in [0.2, 0.25) is 5.91 Å². The van der Waals surface area contributed by atoms with Crippen molar-refractivity contribution in [2.75, 3.05) is 5.32 Å². The highest BCUT2D eigenvalue weighted by Gasteiger charge is 2.31. The summed E-state index contributed by atoms with van der Waals surface area (Å²) in [4.78, 5) is 12.2. The summed E-state index contributed by atoms with van der Waals surface area (Å²) < 4.78 is 0. The molecule has 1 amide bonds. The molecule has 2 N–H and O–H groups in total. The third-order valence-corrected chi connectivity index (χ3v) is 4.08. The zero-order valence-corrected chi connectivity index (χ0v) is 12.7. The summed E-state index contributed by atoms with van der Waals surface area (Å²) >= 11 is 5.91. The fraction of sp³-hybridized carbons (Fsp3) is 0.235. The lowest BCUT2D eigenvalue weighted by Gasteiger charge is -2.19. The highest BCUT2D eigenvalue weighted by Crippen LogP contribution is 2.33. The molecule has 1 heterocycles. The average Bonchev–Trinajstić information content (AvgIpc) is 2.76. The van der Waals surface area contributed by atoms with Gasteiger partial charge < -0.3 is 5.32 Å². The third-order valence-electron chi connectivity index (χ3n) is 3.82. The Bertz CT molecular complexity index is 682. The van der Waals surface area contributed by atoms with E-state index in [0.29, 0.717) is 5.02 Å². The van der Waals surface area contributed by atoms with Gasteiger partial charge in [-0.05, 0) is 37.6 Å². The van der Waals surface area contributed by atoms with E-state index < -0.39 is 0 Å². The summed E-state index contributed by atoms with van der Waals surface area (Å²) in [7, 11) is 0. The first kappa shape index (κ1) is 14.1. The number of nitrogens with one attached hydrogen (secondary N) is 2. The van der Waals surface area contributed by atoms with Crippen molar-refractivity contribution in [3.05, 3.63) is 64.2 Å². The molecule has 21 heavy (non-hydrogen) atoms. The quantitative estimate of drug-likeness (QED) is 0.900. The van der Waals surface area contributed by atoms with E-state index in [4.69, 9.17) is 11.6 Å². The molecule has 1 aliphatic rings. The molecule has 0 saturated heterocycles. The molecule has 0 radical (unpaired) electrons. The Balaban J connectivity index is 1.83. The van der Waals surface area contributed by atoms with Gasteiger partial charge in [-0.1, -0.05) is 41.4 Å². The summed E-state index contributed by atoms with van der Waals surface area (Å²) in [6, 6.07) is 13.4. The van der Waals surface area contributed by atoms with Gasteiger partial charge in [-0.2, -0.15) is 0 Å². The number of fused-ring (bicyclic) bond motifs is 1. The average molecular weight is 301 g/mol. The van der Waals surface area contributed by atoms with Crippen LogP contribution in [0.15, 0.2) is 42.5 Å². The molecule has 0 fully saturated rings. The zero-order chi connectivity index (χ0) is 15.0. The minimum absolute atomic E-state index is 0.00332. The second-order valence-corrected chi connectivity index (χ2v) is 5.89. The molecule has 0 bridgehead atoms. The van der Waals surface area contributed by atoms with Gasteiger partial charge in [0.15, 0.2) is 0 Å². The first-order valence-corrected chi connectivity index (χ1v) is 7.35. The van der Waals surface area contributed by atoms with Gasteiger partial charge in [-0.3, -0.25) is 10.1 Å². The monoisotopic (exact) mass is 300 g/mol. The summed E-state index contributed by atoms with van der Waals surface area (Å²) in [6.45, 7) is 4.08. The number of amides is 1. The van der Waals surface area contributed by atoms with Crippen LogP contribution in [-0.4, -0.2) is 5.91 Å². The minimum atomic E-state index is -0.314. The Morgan fingerprint density at radius 1 is 1.19 bits per heavy atom. The van der Waals surface area contributed by atoms with E-state index in [9.17, 15) is 4.79 Å². The summed E-state index contributed by atoms with van der Waals surface area (Å²) in [6.07, 6.45) is 0. The smallest absolute Gasteiger partial charge is 0.246 e. The number of carbonyl (C=O) groups is 1. The molecule has 2 unspecified atom stereocenters. The molecule has 0 aromatic heterocycles. The molecule has 4 heteroatoms. The standard InChI is InChI=1S/C17H17ClN2O/c1-10-3-8-15-14(9-10)16(17(21)20-15)19-11(2)12-4-6-13(18)7-5-12/h3-9,11,16,19H,1-2H3,(H,20,21). The number of hydrogen-bond acceptors (Lipinski definition) is 2. The lowest BCUT2D eigenvalue weighted by Crippen LogP contribution is -2.29. The molecule has 3 nitrogen and oxygen atoms in total. The van der Waals surface area contributed by atoms with Gasteiger partial charge in [0.05, 0.1) is 0 Å². The maximum atomic E-state index is 12.2. The fourth-order valence-electron chi connectivity index (χ4n) is 2.64. The summed E-state index contributed by atoms with van der Waals surface area (Å²) in [5.41, 5.74) is 4.16. The van der Waals surface area contributed by atoms with Crippen molar-refractivity contribution in [2.45, 2.75) is 25.9 Å². The number of carbonyl (C=O) groups excluding carboxylic acids is 1. The molecule has 2 aromatic carbocycles. The van der Waals surface area contributed by atoms with Crippen molar-refractivity contribution >= 4 is 23.2 Å². The normalized spacial score (nSPS) is 18.2. The first-order chi connectivity index (χ1) is 10.0. The topological polar surface area (TPSA) is 41.1 Å². The van der Waals surface area contributed by atoms with E-state index >= 15 is 0 Å². The fourth-order valence-corrected chi connectivity index (χ4v) is 2.77.